The monoisotopic (exact) mass is 570 g/mol. The van der Waals surface area contributed by atoms with Crippen molar-refractivity contribution in [1.82, 2.24) is 15.5 Å². The van der Waals surface area contributed by atoms with Crippen LogP contribution in [0.5, 0.6) is 11.5 Å². The van der Waals surface area contributed by atoms with E-state index in [-0.39, 0.29) is 35.5 Å². The van der Waals surface area contributed by atoms with E-state index in [0.29, 0.717) is 24.5 Å². The minimum Gasteiger partial charge on any atom is -0.493 e. The first-order chi connectivity index (χ1) is 15.0. The van der Waals surface area contributed by atoms with Gasteiger partial charge in [0.2, 0.25) is 0 Å². The number of morpholine rings is 1. The van der Waals surface area contributed by atoms with Crippen LogP contribution in [0, 0.1) is 5.92 Å². The van der Waals surface area contributed by atoms with Crippen molar-refractivity contribution >= 4 is 29.9 Å². The SMILES string of the molecule is CCC(CC)C(CNC(=NC)NCc1ccc(OC)c(OC(F)F)c1)N1CCOCC1.I. The summed E-state index contributed by atoms with van der Waals surface area (Å²) in [5.41, 5.74) is 0.782. The summed E-state index contributed by atoms with van der Waals surface area (Å²) >= 11 is 0. The molecule has 0 aliphatic carbocycles. The molecule has 0 saturated carbocycles. The summed E-state index contributed by atoms with van der Waals surface area (Å²) in [5, 5.41) is 6.68. The third-order valence-electron chi connectivity index (χ3n) is 5.71. The number of hydrogen-bond acceptors (Lipinski definition) is 5. The van der Waals surface area contributed by atoms with Gasteiger partial charge in [0.05, 0.1) is 20.3 Å². The van der Waals surface area contributed by atoms with Gasteiger partial charge >= 0.3 is 6.61 Å². The van der Waals surface area contributed by atoms with Crippen LogP contribution in [-0.2, 0) is 11.3 Å². The fourth-order valence-corrected chi connectivity index (χ4v) is 3.96. The molecule has 1 aromatic rings. The van der Waals surface area contributed by atoms with Crippen LogP contribution in [0.1, 0.15) is 32.3 Å². The normalized spacial score (nSPS) is 15.9. The molecule has 1 aliphatic rings. The van der Waals surface area contributed by atoms with Crippen molar-refractivity contribution in [3.8, 4) is 11.5 Å². The standard InChI is InChI=1S/C22H36F2N4O3.HI/c1-5-17(6-2)18(28-9-11-30-12-10-28)15-27-22(25-3)26-14-16-7-8-19(29-4)20(13-16)31-21(23)24;/h7-8,13,17-18,21H,5-6,9-12,14-15H2,1-4H3,(H2,25,26,27);1H. The molecule has 0 aromatic heterocycles. The average molecular weight is 570 g/mol. The molecule has 0 amide bonds. The molecule has 1 aliphatic heterocycles. The lowest BCUT2D eigenvalue weighted by Gasteiger charge is -2.39. The molecule has 0 spiro atoms. The second kappa shape index (κ2) is 15.4. The molecule has 1 atom stereocenters. The number of nitrogens with zero attached hydrogens (tertiary/aromatic N) is 2. The lowest BCUT2D eigenvalue weighted by molar-refractivity contribution is -0.0512. The summed E-state index contributed by atoms with van der Waals surface area (Å²) in [7, 11) is 3.14. The molecule has 0 bridgehead atoms. The van der Waals surface area contributed by atoms with E-state index in [0.717, 1.165) is 51.3 Å². The molecule has 1 aromatic carbocycles. The topological polar surface area (TPSA) is 67.4 Å². The molecule has 1 unspecified atom stereocenters. The highest BCUT2D eigenvalue weighted by Crippen LogP contribution is 2.29. The zero-order chi connectivity index (χ0) is 22.6. The maximum absolute atomic E-state index is 12.7. The number of guanidine groups is 1. The van der Waals surface area contributed by atoms with E-state index in [1.807, 2.05) is 0 Å². The molecule has 0 radical (unpaired) electrons. The van der Waals surface area contributed by atoms with Crippen LogP contribution in [0.4, 0.5) is 8.78 Å². The van der Waals surface area contributed by atoms with Crippen molar-refractivity contribution in [1.29, 1.82) is 0 Å². The number of hydrogen-bond donors (Lipinski definition) is 2. The van der Waals surface area contributed by atoms with E-state index in [2.05, 4.69) is 39.1 Å². The Kier molecular flexibility index (Phi) is 13.8. The molecule has 2 N–H and O–H groups in total. The van der Waals surface area contributed by atoms with Gasteiger partial charge in [-0.05, 0) is 23.6 Å². The molecular weight excluding hydrogens is 533 g/mol. The zero-order valence-corrected chi connectivity index (χ0v) is 21.7. The molecule has 2 rings (SSSR count). The smallest absolute Gasteiger partial charge is 0.387 e. The minimum atomic E-state index is -2.91. The van der Waals surface area contributed by atoms with Crippen LogP contribution in [0.15, 0.2) is 23.2 Å². The predicted octanol–water partition coefficient (Wildman–Crippen LogP) is 3.72. The van der Waals surface area contributed by atoms with E-state index >= 15 is 0 Å². The molecule has 1 heterocycles. The minimum absolute atomic E-state index is 0. The van der Waals surface area contributed by atoms with Crippen LogP contribution in [0.25, 0.3) is 0 Å². The van der Waals surface area contributed by atoms with Gasteiger partial charge < -0.3 is 24.8 Å². The fraction of sp³-hybridized carbons (Fsp3) is 0.682. The number of aliphatic imine (C=N–C) groups is 1. The number of nitrogens with one attached hydrogen (secondary N) is 2. The second-order valence-electron chi connectivity index (χ2n) is 7.46. The van der Waals surface area contributed by atoms with Crippen molar-refractivity contribution in [2.45, 2.75) is 45.9 Å². The maximum atomic E-state index is 12.7. The molecular formula is C22H37F2IN4O3. The Bertz CT molecular complexity index is 687. The summed E-state index contributed by atoms with van der Waals surface area (Å²) < 4.78 is 40.5. The van der Waals surface area contributed by atoms with Crippen molar-refractivity contribution in [2.24, 2.45) is 10.9 Å². The van der Waals surface area contributed by atoms with Crippen LogP contribution < -0.4 is 20.1 Å². The van der Waals surface area contributed by atoms with Gasteiger partial charge in [-0.1, -0.05) is 32.8 Å². The first kappa shape index (κ1) is 28.6. The largest absolute Gasteiger partial charge is 0.493 e. The van der Waals surface area contributed by atoms with Gasteiger partial charge in [0.25, 0.3) is 0 Å². The van der Waals surface area contributed by atoms with Crippen LogP contribution >= 0.6 is 24.0 Å². The van der Waals surface area contributed by atoms with Crippen molar-refractivity contribution in [3.63, 3.8) is 0 Å². The Hall–Kier alpha value is -1.40. The van der Waals surface area contributed by atoms with E-state index in [1.54, 1.807) is 25.2 Å². The van der Waals surface area contributed by atoms with E-state index < -0.39 is 6.61 Å². The van der Waals surface area contributed by atoms with E-state index in [4.69, 9.17) is 9.47 Å². The van der Waals surface area contributed by atoms with Gasteiger partial charge in [0.15, 0.2) is 17.5 Å². The number of alkyl halides is 2. The Morgan fingerprint density at radius 3 is 2.41 bits per heavy atom. The summed E-state index contributed by atoms with van der Waals surface area (Å²) in [6.07, 6.45) is 2.23. The molecule has 184 valence electrons. The quantitative estimate of drug-likeness (QED) is 0.240. The van der Waals surface area contributed by atoms with Gasteiger partial charge in [-0.2, -0.15) is 8.78 Å². The molecule has 7 nitrogen and oxygen atoms in total. The lowest BCUT2D eigenvalue weighted by Crippen LogP contribution is -2.53. The van der Waals surface area contributed by atoms with Crippen molar-refractivity contribution in [3.05, 3.63) is 23.8 Å². The number of rotatable bonds is 11. The van der Waals surface area contributed by atoms with Crippen LogP contribution in [0.3, 0.4) is 0 Å². The summed E-state index contributed by atoms with van der Waals surface area (Å²) in [4.78, 5) is 6.81. The predicted molar refractivity (Wildman–Crippen MR) is 133 cm³/mol. The number of methoxy groups -OCH3 is 1. The zero-order valence-electron chi connectivity index (χ0n) is 19.4. The van der Waals surface area contributed by atoms with Gasteiger partial charge in [0, 0.05) is 39.3 Å². The van der Waals surface area contributed by atoms with Crippen LogP contribution in [-0.4, -0.2) is 70.5 Å². The molecule has 10 heteroatoms. The average Bonchev–Trinajstić information content (AvgIpc) is 2.78. The van der Waals surface area contributed by atoms with E-state index in [1.165, 1.54) is 7.11 Å². The summed E-state index contributed by atoms with van der Waals surface area (Å²) in [6, 6.07) is 5.36. The van der Waals surface area contributed by atoms with Gasteiger partial charge in [-0.15, -0.1) is 24.0 Å². The Morgan fingerprint density at radius 1 is 1.16 bits per heavy atom. The third kappa shape index (κ3) is 8.86. The van der Waals surface area contributed by atoms with Crippen molar-refractivity contribution in [2.75, 3.05) is 47.0 Å². The molecule has 1 saturated heterocycles. The third-order valence-corrected chi connectivity index (χ3v) is 5.71. The summed E-state index contributed by atoms with van der Waals surface area (Å²) in [6.45, 7) is 6.16. The van der Waals surface area contributed by atoms with Gasteiger partial charge in [-0.3, -0.25) is 9.89 Å². The Balaban J connectivity index is 0.00000512. The van der Waals surface area contributed by atoms with Crippen LogP contribution in [0.2, 0.25) is 0 Å². The Labute approximate surface area is 207 Å². The lowest BCUT2D eigenvalue weighted by atomic mass is 9.92. The van der Waals surface area contributed by atoms with Crippen molar-refractivity contribution < 1.29 is 23.0 Å². The maximum Gasteiger partial charge on any atom is 0.387 e. The fourth-order valence-electron chi connectivity index (χ4n) is 3.96. The highest BCUT2D eigenvalue weighted by molar-refractivity contribution is 14.0. The van der Waals surface area contributed by atoms with E-state index in [9.17, 15) is 8.78 Å². The number of benzene rings is 1. The number of halogens is 3. The number of ether oxygens (including phenoxy) is 3. The highest BCUT2D eigenvalue weighted by Gasteiger charge is 2.27. The van der Waals surface area contributed by atoms with Gasteiger partial charge in [0.1, 0.15) is 0 Å². The Morgan fingerprint density at radius 2 is 1.84 bits per heavy atom. The molecule has 32 heavy (non-hydrogen) atoms. The second-order valence-corrected chi connectivity index (χ2v) is 7.46. The first-order valence-electron chi connectivity index (χ1n) is 10.9. The summed E-state index contributed by atoms with van der Waals surface area (Å²) in [5.74, 6) is 1.53. The first-order valence-corrected chi connectivity index (χ1v) is 10.9. The highest BCUT2D eigenvalue weighted by atomic mass is 127. The van der Waals surface area contributed by atoms with Gasteiger partial charge in [-0.25, -0.2) is 0 Å². The molecule has 1 fully saturated rings.